The minimum atomic E-state index is 0.113. The molecule has 0 spiro atoms. The molecule has 0 atom stereocenters. The van der Waals surface area contributed by atoms with Crippen molar-refractivity contribution in [2.45, 2.75) is 19.8 Å². The molecule has 2 heterocycles. The highest BCUT2D eigenvalue weighted by molar-refractivity contribution is 5.97. The van der Waals surface area contributed by atoms with Crippen LogP contribution < -0.4 is 0 Å². The molecular weight excluding hydrogens is 362 g/mol. The second kappa shape index (κ2) is 8.53. The summed E-state index contributed by atoms with van der Waals surface area (Å²) in [6, 6.07) is 16.5. The van der Waals surface area contributed by atoms with E-state index in [1.165, 1.54) is 16.7 Å². The molecule has 29 heavy (non-hydrogen) atoms. The fourth-order valence-electron chi connectivity index (χ4n) is 3.82. The molecule has 1 aliphatic heterocycles. The van der Waals surface area contributed by atoms with Crippen LogP contribution in [0.3, 0.4) is 0 Å². The number of fused-ring (bicyclic) bond motifs is 1. The number of aromatic nitrogens is 2. The Bertz CT molecular complexity index is 1000. The fraction of sp³-hybridized carbons (Fsp3) is 0.292. The lowest BCUT2D eigenvalue weighted by atomic mass is 9.91. The van der Waals surface area contributed by atoms with E-state index in [9.17, 15) is 4.79 Å². The van der Waals surface area contributed by atoms with Crippen molar-refractivity contribution in [2.24, 2.45) is 0 Å². The second-order valence-electron chi connectivity index (χ2n) is 7.45. The molecule has 148 valence electrons. The van der Waals surface area contributed by atoms with Gasteiger partial charge in [-0.15, -0.1) is 0 Å². The van der Waals surface area contributed by atoms with Crippen LogP contribution in [0.25, 0.3) is 11.3 Å². The molecule has 0 fully saturated rings. The van der Waals surface area contributed by atoms with Crippen molar-refractivity contribution in [3.8, 4) is 11.3 Å². The summed E-state index contributed by atoms with van der Waals surface area (Å²) >= 11 is 0. The smallest absolute Gasteiger partial charge is 0.254 e. The lowest BCUT2D eigenvalue weighted by Crippen LogP contribution is -2.39. The zero-order chi connectivity index (χ0) is 20.2. The highest BCUT2D eigenvalue weighted by Crippen LogP contribution is 2.25. The lowest BCUT2D eigenvalue weighted by molar-refractivity contribution is 0.0678. The van der Waals surface area contributed by atoms with E-state index >= 15 is 0 Å². The maximum Gasteiger partial charge on any atom is 0.254 e. The molecule has 0 aliphatic carbocycles. The number of carbonyl (C=O) groups is 1. The number of methoxy groups -OCH3 is 1. The van der Waals surface area contributed by atoms with Crippen molar-refractivity contribution in [3.63, 3.8) is 0 Å². The SMILES string of the molecule is COCCN1CCc2cc(C)c(Cc3ccc(-c4cccnn4)cc3)cc2C1=O. The normalized spacial score (nSPS) is 13.4. The van der Waals surface area contributed by atoms with Gasteiger partial charge in [-0.1, -0.05) is 30.3 Å². The summed E-state index contributed by atoms with van der Waals surface area (Å²) in [5.41, 5.74) is 7.55. The predicted octanol–water partition coefficient (Wildman–Crippen LogP) is 3.69. The standard InChI is InChI=1S/C24H25N3O2/c1-17-14-20-9-11-27(12-13-29-2)24(28)22(20)16-21(17)15-18-5-7-19(8-6-18)23-4-3-10-25-26-23/h3-8,10,14,16H,9,11-13,15H2,1-2H3. The van der Waals surface area contributed by atoms with Gasteiger partial charge in [-0.25, -0.2) is 0 Å². The van der Waals surface area contributed by atoms with Gasteiger partial charge in [-0.3, -0.25) is 4.79 Å². The number of hydrogen-bond donors (Lipinski definition) is 0. The van der Waals surface area contributed by atoms with Crippen LogP contribution in [0, 0.1) is 6.92 Å². The Morgan fingerprint density at radius 2 is 1.97 bits per heavy atom. The molecule has 0 N–H and O–H groups in total. The van der Waals surface area contributed by atoms with Crippen molar-refractivity contribution in [2.75, 3.05) is 26.8 Å². The highest BCUT2D eigenvalue weighted by atomic mass is 16.5. The number of carbonyl (C=O) groups excluding carboxylic acids is 1. The fourth-order valence-corrected chi connectivity index (χ4v) is 3.82. The van der Waals surface area contributed by atoms with E-state index < -0.39 is 0 Å². The van der Waals surface area contributed by atoms with Crippen LogP contribution in [0.15, 0.2) is 54.7 Å². The average molecular weight is 387 g/mol. The van der Waals surface area contributed by atoms with Gasteiger partial charge in [-0.2, -0.15) is 10.2 Å². The Morgan fingerprint density at radius 1 is 1.14 bits per heavy atom. The van der Waals surface area contributed by atoms with Crippen molar-refractivity contribution < 1.29 is 9.53 Å². The van der Waals surface area contributed by atoms with E-state index in [0.717, 1.165) is 41.8 Å². The summed E-state index contributed by atoms with van der Waals surface area (Å²) in [4.78, 5) is 14.8. The molecule has 0 saturated carbocycles. The van der Waals surface area contributed by atoms with E-state index in [1.54, 1.807) is 13.3 Å². The molecule has 4 rings (SSSR count). The Hall–Kier alpha value is -3.05. The molecule has 1 aliphatic rings. The topological polar surface area (TPSA) is 55.3 Å². The van der Waals surface area contributed by atoms with Crippen molar-refractivity contribution in [1.29, 1.82) is 0 Å². The van der Waals surface area contributed by atoms with Crippen LogP contribution in [0.2, 0.25) is 0 Å². The average Bonchev–Trinajstić information content (AvgIpc) is 2.75. The summed E-state index contributed by atoms with van der Waals surface area (Å²) in [6.45, 7) is 4.10. The van der Waals surface area contributed by atoms with Crippen LogP contribution in [0.1, 0.15) is 32.6 Å². The van der Waals surface area contributed by atoms with Gasteiger partial charge in [0.05, 0.1) is 12.3 Å². The van der Waals surface area contributed by atoms with Gasteiger partial charge in [0.15, 0.2) is 0 Å². The van der Waals surface area contributed by atoms with Crippen LogP contribution in [0.5, 0.6) is 0 Å². The molecule has 5 heteroatoms. The minimum Gasteiger partial charge on any atom is -0.383 e. The highest BCUT2D eigenvalue weighted by Gasteiger charge is 2.25. The number of rotatable bonds is 6. The first-order valence-corrected chi connectivity index (χ1v) is 9.93. The second-order valence-corrected chi connectivity index (χ2v) is 7.45. The van der Waals surface area contributed by atoms with Gasteiger partial charge in [0.1, 0.15) is 0 Å². The Morgan fingerprint density at radius 3 is 2.69 bits per heavy atom. The molecule has 0 saturated heterocycles. The molecule has 0 bridgehead atoms. The summed E-state index contributed by atoms with van der Waals surface area (Å²) < 4.78 is 5.14. The van der Waals surface area contributed by atoms with Crippen LogP contribution in [-0.2, 0) is 17.6 Å². The summed E-state index contributed by atoms with van der Waals surface area (Å²) in [5.74, 6) is 0.113. The quantitative estimate of drug-likeness (QED) is 0.647. The monoisotopic (exact) mass is 387 g/mol. The molecule has 1 aromatic heterocycles. The molecule has 2 aromatic carbocycles. The van der Waals surface area contributed by atoms with Gasteiger partial charge in [-0.05, 0) is 60.2 Å². The molecule has 3 aromatic rings. The van der Waals surface area contributed by atoms with E-state index in [0.29, 0.717) is 13.2 Å². The Kier molecular flexibility index (Phi) is 5.67. The lowest BCUT2D eigenvalue weighted by Gasteiger charge is -2.29. The largest absolute Gasteiger partial charge is 0.383 e. The third kappa shape index (κ3) is 4.20. The molecule has 0 unspecified atom stereocenters. The van der Waals surface area contributed by atoms with E-state index in [-0.39, 0.29) is 5.91 Å². The third-order valence-corrected chi connectivity index (χ3v) is 5.51. The van der Waals surface area contributed by atoms with Crippen molar-refractivity contribution >= 4 is 5.91 Å². The van der Waals surface area contributed by atoms with Crippen molar-refractivity contribution in [1.82, 2.24) is 15.1 Å². The first-order valence-electron chi connectivity index (χ1n) is 9.93. The van der Waals surface area contributed by atoms with Crippen LogP contribution >= 0.6 is 0 Å². The molecular formula is C24H25N3O2. The number of amides is 1. The van der Waals surface area contributed by atoms with Crippen LogP contribution in [-0.4, -0.2) is 47.8 Å². The first-order chi connectivity index (χ1) is 14.2. The molecule has 0 radical (unpaired) electrons. The Labute approximate surface area is 171 Å². The summed E-state index contributed by atoms with van der Waals surface area (Å²) in [6.07, 6.45) is 3.37. The van der Waals surface area contributed by atoms with Gasteiger partial charge in [0.25, 0.3) is 5.91 Å². The van der Waals surface area contributed by atoms with Crippen LogP contribution in [0.4, 0.5) is 0 Å². The third-order valence-electron chi connectivity index (χ3n) is 5.51. The van der Waals surface area contributed by atoms with Gasteiger partial charge < -0.3 is 9.64 Å². The maximum absolute atomic E-state index is 12.9. The number of nitrogens with zero attached hydrogens (tertiary/aromatic N) is 3. The van der Waals surface area contributed by atoms with Gasteiger partial charge >= 0.3 is 0 Å². The molecule has 5 nitrogen and oxygen atoms in total. The number of aryl methyl sites for hydroxylation is 1. The number of hydrogen-bond acceptors (Lipinski definition) is 4. The maximum atomic E-state index is 12.9. The summed E-state index contributed by atoms with van der Waals surface area (Å²) in [5, 5.41) is 8.10. The van der Waals surface area contributed by atoms with E-state index in [2.05, 4.69) is 53.5 Å². The Balaban J connectivity index is 1.55. The zero-order valence-electron chi connectivity index (χ0n) is 16.9. The zero-order valence-corrected chi connectivity index (χ0v) is 16.9. The number of ether oxygens (including phenoxy) is 1. The predicted molar refractivity (Wildman–Crippen MR) is 113 cm³/mol. The van der Waals surface area contributed by atoms with E-state index in [1.807, 2.05) is 17.0 Å². The first kappa shape index (κ1) is 19.3. The summed E-state index contributed by atoms with van der Waals surface area (Å²) in [7, 11) is 1.67. The number of benzene rings is 2. The van der Waals surface area contributed by atoms with Gasteiger partial charge in [0, 0.05) is 37.5 Å². The molecule has 1 amide bonds. The minimum absolute atomic E-state index is 0.113. The van der Waals surface area contributed by atoms with Gasteiger partial charge in [0.2, 0.25) is 0 Å². The van der Waals surface area contributed by atoms with Crippen molar-refractivity contribution in [3.05, 3.63) is 82.5 Å². The van der Waals surface area contributed by atoms with E-state index in [4.69, 9.17) is 4.74 Å².